The average Bonchev–Trinajstić information content (AvgIpc) is 2.65. The zero-order valence-corrected chi connectivity index (χ0v) is 10.7. The fraction of sp³-hybridized carbons (Fsp3) is 0.286. The molecule has 0 atom stereocenters. The lowest BCUT2D eigenvalue weighted by molar-refractivity contribution is -0.120. The highest BCUT2D eigenvalue weighted by atomic mass is 16.5. The van der Waals surface area contributed by atoms with Crippen LogP contribution in [0.25, 0.3) is 0 Å². The van der Waals surface area contributed by atoms with Gasteiger partial charge in [0, 0.05) is 5.57 Å². The molecule has 0 N–H and O–H groups in total. The molecule has 0 unspecified atom stereocenters. The summed E-state index contributed by atoms with van der Waals surface area (Å²) in [6.07, 6.45) is 0.188. The van der Waals surface area contributed by atoms with Gasteiger partial charge in [0.15, 0.2) is 0 Å². The van der Waals surface area contributed by atoms with E-state index in [1.807, 2.05) is 13.8 Å². The molecule has 0 aromatic heterocycles. The maximum absolute atomic E-state index is 12.1. The lowest BCUT2D eigenvalue weighted by atomic mass is 10.1. The number of methoxy groups -OCH3 is 1. The van der Waals surface area contributed by atoms with Crippen molar-refractivity contribution in [3.05, 3.63) is 35.4 Å². The zero-order chi connectivity index (χ0) is 13.3. The predicted octanol–water partition coefficient (Wildman–Crippen LogP) is 2.29. The van der Waals surface area contributed by atoms with Crippen molar-refractivity contribution >= 4 is 17.5 Å². The van der Waals surface area contributed by atoms with Crippen LogP contribution in [0.4, 0.5) is 5.69 Å². The van der Waals surface area contributed by atoms with Crippen molar-refractivity contribution in [2.75, 3.05) is 12.0 Å². The summed E-state index contributed by atoms with van der Waals surface area (Å²) < 4.78 is 5.05. The molecule has 4 heteroatoms. The minimum atomic E-state index is -0.217. The number of carbonyl (C=O) groups is 2. The molecule has 18 heavy (non-hydrogen) atoms. The first-order valence-corrected chi connectivity index (χ1v) is 5.72. The van der Waals surface area contributed by atoms with Crippen molar-refractivity contribution in [3.8, 4) is 5.75 Å². The van der Waals surface area contributed by atoms with Gasteiger partial charge in [-0.15, -0.1) is 0 Å². The van der Waals surface area contributed by atoms with Gasteiger partial charge >= 0.3 is 0 Å². The van der Waals surface area contributed by atoms with Crippen molar-refractivity contribution in [1.82, 2.24) is 0 Å². The van der Waals surface area contributed by atoms with Crippen molar-refractivity contribution < 1.29 is 14.3 Å². The van der Waals surface area contributed by atoms with E-state index >= 15 is 0 Å². The van der Waals surface area contributed by atoms with E-state index in [2.05, 4.69) is 0 Å². The minimum absolute atomic E-state index is 0.179. The minimum Gasteiger partial charge on any atom is -0.497 e. The first-order valence-electron chi connectivity index (χ1n) is 5.72. The monoisotopic (exact) mass is 245 g/mol. The predicted molar refractivity (Wildman–Crippen MR) is 68.5 cm³/mol. The molecule has 1 heterocycles. The van der Waals surface area contributed by atoms with Gasteiger partial charge in [0.05, 0.1) is 19.2 Å². The number of carbonyl (C=O) groups excluding carboxylic acids is 2. The van der Waals surface area contributed by atoms with Crippen LogP contribution in [0.5, 0.6) is 5.75 Å². The Morgan fingerprint density at radius 1 is 1.17 bits per heavy atom. The van der Waals surface area contributed by atoms with E-state index in [9.17, 15) is 9.59 Å². The van der Waals surface area contributed by atoms with Crippen LogP contribution in [0.2, 0.25) is 0 Å². The molecule has 1 aromatic rings. The third-order valence-corrected chi connectivity index (χ3v) is 2.97. The van der Waals surface area contributed by atoms with Crippen LogP contribution in [0, 0.1) is 0 Å². The molecule has 2 amide bonds. The van der Waals surface area contributed by atoms with Crippen LogP contribution in [0.3, 0.4) is 0 Å². The molecule has 1 saturated heterocycles. The normalized spacial score (nSPS) is 15.3. The lowest BCUT2D eigenvalue weighted by Crippen LogP contribution is -2.28. The van der Waals surface area contributed by atoms with Crippen molar-refractivity contribution in [2.24, 2.45) is 0 Å². The average molecular weight is 245 g/mol. The number of ether oxygens (including phenoxy) is 1. The molecule has 1 aliphatic rings. The molecule has 0 spiro atoms. The van der Waals surface area contributed by atoms with Gasteiger partial charge in [-0.3, -0.25) is 9.59 Å². The Labute approximate surface area is 106 Å². The van der Waals surface area contributed by atoms with E-state index in [1.165, 1.54) is 4.90 Å². The Morgan fingerprint density at radius 3 is 2.22 bits per heavy atom. The largest absolute Gasteiger partial charge is 0.497 e. The molecule has 2 rings (SSSR count). The Morgan fingerprint density at radius 2 is 1.78 bits per heavy atom. The second kappa shape index (κ2) is 4.64. The quantitative estimate of drug-likeness (QED) is 0.593. The van der Waals surface area contributed by atoms with Gasteiger partial charge in [-0.25, -0.2) is 4.90 Å². The number of allylic oxidation sites excluding steroid dienone is 1. The topological polar surface area (TPSA) is 46.6 Å². The summed E-state index contributed by atoms with van der Waals surface area (Å²) in [7, 11) is 1.57. The van der Waals surface area contributed by atoms with E-state index in [-0.39, 0.29) is 18.2 Å². The van der Waals surface area contributed by atoms with E-state index in [4.69, 9.17) is 4.74 Å². The maximum Gasteiger partial charge on any atom is 0.261 e. The SMILES string of the molecule is COc1ccc(N2C(=O)CC(=C(C)C)C2=O)cc1. The maximum atomic E-state index is 12.1. The number of hydrogen-bond donors (Lipinski definition) is 0. The third-order valence-electron chi connectivity index (χ3n) is 2.97. The summed E-state index contributed by atoms with van der Waals surface area (Å²) in [6, 6.07) is 6.89. The molecule has 4 nitrogen and oxygen atoms in total. The summed E-state index contributed by atoms with van der Waals surface area (Å²) in [5.74, 6) is 0.298. The molecule has 94 valence electrons. The van der Waals surface area contributed by atoms with Gasteiger partial charge in [-0.2, -0.15) is 0 Å². The van der Waals surface area contributed by atoms with Crippen LogP contribution in [0.1, 0.15) is 20.3 Å². The third kappa shape index (κ3) is 2.01. The van der Waals surface area contributed by atoms with E-state index < -0.39 is 0 Å². The number of benzene rings is 1. The molecular weight excluding hydrogens is 230 g/mol. The Balaban J connectivity index is 2.36. The molecule has 0 bridgehead atoms. The second-order valence-electron chi connectivity index (χ2n) is 4.39. The number of amides is 2. The molecular formula is C14H15NO3. The van der Waals surface area contributed by atoms with Crippen molar-refractivity contribution in [1.29, 1.82) is 0 Å². The highest BCUT2D eigenvalue weighted by molar-refractivity contribution is 6.28. The summed E-state index contributed by atoms with van der Waals surface area (Å²) >= 11 is 0. The number of imide groups is 1. The number of anilines is 1. The van der Waals surface area contributed by atoms with Crippen LogP contribution >= 0.6 is 0 Å². The van der Waals surface area contributed by atoms with E-state index in [0.29, 0.717) is 17.0 Å². The Hall–Kier alpha value is -2.10. The van der Waals surface area contributed by atoms with Gasteiger partial charge in [0.2, 0.25) is 5.91 Å². The summed E-state index contributed by atoms with van der Waals surface area (Å²) in [5.41, 5.74) is 2.07. The molecule has 0 aliphatic carbocycles. The first kappa shape index (κ1) is 12.4. The molecule has 0 radical (unpaired) electrons. The van der Waals surface area contributed by atoms with Crippen molar-refractivity contribution in [3.63, 3.8) is 0 Å². The Bertz CT molecular complexity index is 524. The molecule has 1 aliphatic heterocycles. The highest BCUT2D eigenvalue weighted by Crippen LogP contribution is 2.28. The zero-order valence-electron chi connectivity index (χ0n) is 10.7. The summed E-state index contributed by atoms with van der Waals surface area (Å²) in [4.78, 5) is 25.2. The molecule has 1 aromatic carbocycles. The number of nitrogens with zero attached hydrogens (tertiary/aromatic N) is 1. The highest BCUT2D eigenvalue weighted by Gasteiger charge is 2.35. The van der Waals surface area contributed by atoms with E-state index in [0.717, 1.165) is 5.57 Å². The molecule has 1 fully saturated rings. The fourth-order valence-electron chi connectivity index (χ4n) is 1.94. The second-order valence-corrected chi connectivity index (χ2v) is 4.39. The van der Waals surface area contributed by atoms with Gasteiger partial charge in [-0.1, -0.05) is 5.57 Å². The number of hydrogen-bond acceptors (Lipinski definition) is 3. The summed E-state index contributed by atoms with van der Waals surface area (Å²) in [6.45, 7) is 3.69. The van der Waals surface area contributed by atoms with Crippen LogP contribution in [-0.2, 0) is 9.59 Å². The van der Waals surface area contributed by atoms with Crippen molar-refractivity contribution in [2.45, 2.75) is 20.3 Å². The molecule has 0 saturated carbocycles. The lowest BCUT2D eigenvalue weighted by Gasteiger charge is -2.13. The van der Waals surface area contributed by atoms with Gasteiger partial charge in [0.1, 0.15) is 5.75 Å². The van der Waals surface area contributed by atoms with Crippen LogP contribution < -0.4 is 9.64 Å². The summed E-state index contributed by atoms with van der Waals surface area (Å²) in [5, 5.41) is 0. The van der Waals surface area contributed by atoms with Gasteiger partial charge in [0.25, 0.3) is 5.91 Å². The standard InChI is InChI=1S/C14H15NO3/c1-9(2)12-8-13(16)15(14(12)17)10-4-6-11(18-3)7-5-10/h4-7H,8H2,1-3H3. The smallest absolute Gasteiger partial charge is 0.261 e. The van der Waals surface area contributed by atoms with E-state index in [1.54, 1.807) is 31.4 Å². The van der Waals surface area contributed by atoms with Gasteiger partial charge in [-0.05, 0) is 38.1 Å². The fourth-order valence-corrected chi connectivity index (χ4v) is 1.94. The van der Waals surface area contributed by atoms with Gasteiger partial charge < -0.3 is 4.74 Å². The van der Waals surface area contributed by atoms with Crippen LogP contribution in [-0.4, -0.2) is 18.9 Å². The number of rotatable bonds is 2. The Kier molecular flexibility index (Phi) is 3.19. The van der Waals surface area contributed by atoms with Crippen LogP contribution in [0.15, 0.2) is 35.4 Å². The first-order chi connectivity index (χ1) is 8.54.